The second-order valence-electron chi connectivity index (χ2n) is 13.7. The van der Waals surface area contributed by atoms with E-state index in [0.29, 0.717) is 0 Å². The molecule has 0 N–H and O–H groups in total. The molecule has 0 spiro atoms. The zero-order chi connectivity index (χ0) is 35.1. The highest BCUT2D eigenvalue weighted by atomic mass is 15.1. The molecule has 0 saturated carbocycles. The summed E-state index contributed by atoms with van der Waals surface area (Å²) in [6, 6.07) is 77.4. The first-order valence-electron chi connectivity index (χ1n) is 18.3. The average Bonchev–Trinajstić information content (AvgIpc) is 3.24. The van der Waals surface area contributed by atoms with Gasteiger partial charge < -0.3 is 4.90 Å². The van der Waals surface area contributed by atoms with Gasteiger partial charge in [-0.15, -0.1) is 0 Å². The maximum Gasteiger partial charge on any atom is 0.0546 e. The first kappa shape index (κ1) is 30.8. The summed E-state index contributed by atoms with van der Waals surface area (Å²) in [4.78, 5) is 2.50. The van der Waals surface area contributed by atoms with Crippen molar-refractivity contribution < 1.29 is 0 Å². The molecule has 53 heavy (non-hydrogen) atoms. The molecule has 0 aromatic heterocycles. The first-order chi connectivity index (χ1) is 26.3. The van der Waals surface area contributed by atoms with Gasteiger partial charge in [-0.1, -0.05) is 188 Å². The van der Waals surface area contributed by atoms with Gasteiger partial charge in [0.1, 0.15) is 0 Å². The molecule has 1 heteroatoms. The lowest BCUT2D eigenvalue weighted by atomic mass is 9.92. The van der Waals surface area contributed by atoms with E-state index in [9.17, 15) is 0 Å². The van der Waals surface area contributed by atoms with Gasteiger partial charge in [0, 0.05) is 16.5 Å². The number of benzene rings is 10. The Morgan fingerprint density at radius 3 is 1.19 bits per heavy atom. The van der Waals surface area contributed by atoms with Crippen LogP contribution in [0.3, 0.4) is 0 Å². The summed E-state index contributed by atoms with van der Waals surface area (Å²) in [5.41, 5.74) is 10.6. The second-order valence-corrected chi connectivity index (χ2v) is 13.7. The van der Waals surface area contributed by atoms with Crippen LogP contribution in [-0.2, 0) is 0 Å². The van der Waals surface area contributed by atoms with Crippen molar-refractivity contribution in [2.24, 2.45) is 0 Å². The lowest BCUT2D eigenvalue weighted by Gasteiger charge is -2.30. The van der Waals surface area contributed by atoms with Crippen LogP contribution in [-0.4, -0.2) is 0 Å². The predicted molar refractivity (Wildman–Crippen MR) is 227 cm³/mol. The molecule has 10 aromatic carbocycles. The third-order valence-electron chi connectivity index (χ3n) is 10.6. The minimum atomic E-state index is 1.11. The number of hydrogen-bond donors (Lipinski definition) is 0. The zero-order valence-electron chi connectivity index (χ0n) is 29.2. The maximum atomic E-state index is 2.50. The molecule has 0 aliphatic carbocycles. The van der Waals surface area contributed by atoms with Crippen molar-refractivity contribution >= 4 is 60.2 Å². The molecule has 10 rings (SSSR count). The van der Waals surface area contributed by atoms with Gasteiger partial charge in [0.15, 0.2) is 0 Å². The molecular formula is C52H35N. The summed E-state index contributed by atoms with van der Waals surface area (Å²) < 4.78 is 0. The zero-order valence-corrected chi connectivity index (χ0v) is 29.2. The summed E-state index contributed by atoms with van der Waals surface area (Å²) in [7, 11) is 0. The minimum Gasteiger partial charge on any atom is -0.309 e. The van der Waals surface area contributed by atoms with Crippen molar-refractivity contribution in [3.05, 3.63) is 212 Å². The monoisotopic (exact) mass is 673 g/mol. The van der Waals surface area contributed by atoms with Crippen LogP contribution in [0.2, 0.25) is 0 Å². The number of rotatable bonds is 6. The highest BCUT2D eigenvalue weighted by molar-refractivity contribution is 6.18. The highest BCUT2D eigenvalue weighted by Crippen LogP contribution is 2.47. The minimum absolute atomic E-state index is 1.11. The van der Waals surface area contributed by atoms with Crippen molar-refractivity contribution in [1.82, 2.24) is 0 Å². The SMILES string of the molecule is c1ccc(-c2ccc(-c3ccc(N(c4cc5ccccc5c5ccccc45)c4cc5ccccc5c5ccccc45)cc3-c3ccccc3)cc2)cc1. The van der Waals surface area contributed by atoms with Crippen LogP contribution in [0.15, 0.2) is 212 Å². The Morgan fingerprint density at radius 1 is 0.245 bits per heavy atom. The van der Waals surface area contributed by atoms with Crippen molar-refractivity contribution in [3.63, 3.8) is 0 Å². The molecule has 0 fully saturated rings. The predicted octanol–water partition coefficient (Wildman–Crippen LogP) is 14.8. The van der Waals surface area contributed by atoms with Gasteiger partial charge in [-0.05, 0) is 90.0 Å². The molecule has 10 aromatic rings. The third kappa shape index (κ3) is 5.42. The lowest BCUT2D eigenvalue weighted by molar-refractivity contribution is 1.32. The van der Waals surface area contributed by atoms with E-state index in [2.05, 4.69) is 217 Å². The average molecular weight is 674 g/mol. The summed E-state index contributed by atoms with van der Waals surface area (Å²) in [5, 5.41) is 9.87. The Labute approximate surface area is 309 Å². The lowest BCUT2D eigenvalue weighted by Crippen LogP contribution is -2.12. The van der Waals surface area contributed by atoms with Crippen LogP contribution in [0.5, 0.6) is 0 Å². The molecule has 0 atom stereocenters. The number of hydrogen-bond acceptors (Lipinski definition) is 1. The highest BCUT2D eigenvalue weighted by Gasteiger charge is 2.22. The van der Waals surface area contributed by atoms with Gasteiger partial charge in [0.2, 0.25) is 0 Å². The normalized spacial score (nSPS) is 11.4. The summed E-state index contributed by atoms with van der Waals surface area (Å²) in [6.07, 6.45) is 0. The number of nitrogens with zero attached hydrogens (tertiary/aromatic N) is 1. The Morgan fingerprint density at radius 2 is 0.642 bits per heavy atom. The molecule has 0 heterocycles. The first-order valence-corrected chi connectivity index (χ1v) is 18.3. The van der Waals surface area contributed by atoms with E-state index < -0.39 is 0 Å². The Kier molecular flexibility index (Phi) is 7.55. The molecule has 0 saturated heterocycles. The van der Waals surface area contributed by atoms with Gasteiger partial charge in [-0.25, -0.2) is 0 Å². The summed E-state index contributed by atoms with van der Waals surface area (Å²) >= 11 is 0. The van der Waals surface area contributed by atoms with E-state index in [1.54, 1.807) is 0 Å². The molecule has 0 amide bonds. The van der Waals surface area contributed by atoms with Crippen LogP contribution >= 0.6 is 0 Å². The molecule has 0 unspecified atom stereocenters. The van der Waals surface area contributed by atoms with Crippen molar-refractivity contribution in [1.29, 1.82) is 0 Å². The van der Waals surface area contributed by atoms with Crippen molar-refractivity contribution in [2.75, 3.05) is 4.90 Å². The Hall–Kier alpha value is -6.96. The molecule has 0 bridgehead atoms. The molecule has 0 aliphatic heterocycles. The van der Waals surface area contributed by atoms with E-state index in [0.717, 1.165) is 17.1 Å². The smallest absolute Gasteiger partial charge is 0.0546 e. The van der Waals surface area contributed by atoms with Gasteiger partial charge in [-0.3, -0.25) is 0 Å². The van der Waals surface area contributed by atoms with Crippen LogP contribution < -0.4 is 4.90 Å². The Bertz CT molecular complexity index is 2810. The van der Waals surface area contributed by atoms with Gasteiger partial charge in [-0.2, -0.15) is 0 Å². The van der Waals surface area contributed by atoms with E-state index in [4.69, 9.17) is 0 Å². The van der Waals surface area contributed by atoms with Crippen LogP contribution in [0.1, 0.15) is 0 Å². The summed E-state index contributed by atoms with van der Waals surface area (Å²) in [5.74, 6) is 0. The maximum absolute atomic E-state index is 2.50. The molecule has 1 nitrogen and oxygen atoms in total. The number of anilines is 3. The molecule has 248 valence electrons. The van der Waals surface area contributed by atoms with E-state index in [-0.39, 0.29) is 0 Å². The topological polar surface area (TPSA) is 3.24 Å². The standard InChI is InChI=1S/C52H35N/c1-3-15-36(16-4-1)37-27-29-39(30-28-37)45-32-31-42(35-50(45)38-17-5-2-6-18-38)53(51-33-40-19-7-9-21-43(40)46-23-11-13-25-48(46)51)52-34-41-20-8-10-22-44(41)47-24-12-14-26-49(47)52/h1-35H. The number of fused-ring (bicyclic) bond motifs is 6. The van der Waals surface area contributed by atoms with Gasteiger partial charge in [0.05, 0.1) is 11.4 Å². The van der Waals surface area contributed by atoms with Crippen molar-refractivity contribution in [2.45, 2.75) is 0 Å². The van der Waals surface area contributed by atoms with Crippen LogP contribution in [0.25, 0.3) is 76.5 Å². The second kappa shape index (κ2) is 13.0. The fourth-order valence-electron chi connectivity index (χ4n) is 8.10. The molecule has 0 radical (unpaired) electrons. The molecule has 0 aliphatic rings. The quantitative estimate of drug-likeness (QED) is 0.159. The fourth-order valence-corrected chi connectivity index (χ4v) is 8.10. The third-order valence-corrected chi connectivity index (χ3v) is 10.6. The Balaban J connectivity index is 1.26. The van der Waals surface area contributed by atoms with E-state index in [1.807, 2.05) is 0 Å². The van der Waals surface area contributed by atoms with Crippen LogP contribution in [0.4, 0.5) is 17.1 Å². The summed E-state index contributed by atoms with van der Waals surface area (Å²) in [6.45, 7) is 0. The van der Waals surface area contributed by atoms with E-state index >= 15 is 0 Å². The van der Waals surface area contributed by atoms with Crippen molar-refractivity contribution in [3.8, 4) is 33.4 Å². The van der Waals surface area contributed by atoms with Gasteiger partial charge >= 0.3 is 0 Å². The molecular weight excluding hydrogens is 639 g/mol. The largest absolute Gasteiger partial charge is 0.309 e. The van der Waals surface area contributed by atoms with Gasteiger partial charge in [0.25, 0.3) is 0 Å². The fraction of sp³-hybridized carbons (Fsp3) is 0. The van der Waals surface area contributed by atoms with E-state index in [1.165, 1.54) is 76.5 Å². The van der Waals surface area contributed by atoms with Crippen LogP contribution in [0, 0.1) is 0 Å².